The van der Waals surface area contributed by atoms with E-state index in [2.05, 4.69) is 10.0 Å². The summed E-state index contributed by atoms with van der Waals surface area (Å²) in [6.07, 6.45) is -1.70. The van der Waals surface area contributed by atoms with Gasteiger partial charge in [-0.15, -0.1) is 0 Å². The molecule has 8 heteroatoms. The van der Waals surface area contributed by atoms with E-state index in [1.54, 1.807) is 13.8 Å². The molecule has 0 amide bonds. The lowest BCUT2D eigenvalue weighted by Crippen LogP contribution is -2.41. The second kappa shape index (κ2) is 4.56. The van der Waals surface area contributed by atoms with E-state index in [4.69, 9.17) is 29.2 Å². The van der Waals surface area contributed by atoms with Gasteiger partial charge in [0.1, 0.15) is 18.3 Å². The number of hydrogen-bond acceptors (Lipinski definition) is 6. The van der Waals surface area contributed by atoms with Crippen LogP contribution in [0.3, 0.4) is 0 Å². The zero-order valence-corrected chi connectivity index (χ0v) is 12.0. The van der Waals surface area contributed by atoms with E-state index in [0.717, 1.165) is 0 Å². The second-order valence-electron chi connectivity index (χ2n) is 6.13. The minimum absolute atomic E-state index is 0.304. The lowest BCUT2D eigenvalue weighted by molar-refractivity contribution is -0.222. The van der Waals surface area contributed by atoms with Crippen molar-refractivity contribution in [2.24, 2.45) is 5.11 Å². The van der Waals surface area contributed by atoms with Gasteiger partial charge in [0.05, 0.1) is 12.6 Å². The van der Waals surface area contributed by atoms with Gasteiger partial charge >= 0.3 is 0 Å². The number of hydrogen-bond donors (Lipinski definition) is 0. The van der Waals surface area contributed by atoms with Crippen molar-refractivity contribution in [2.75, 3.05) is 6.61 Å². The van der Waals surface area contributed by atoms with Crippen LogP contribution >= 0.6 is 0 Å². The minimum Gasteiger partial charge on any atom is -0.348 e. The summed E-state index contributed by atoms with van der Waals surface area (Å²) in [5.74, 6) is -1.40. The number of azide groups is 1. The molecule has 3 saturated heterocycles. The van der Waals surface area contributed by atoms with Crippen molar-refractivity contribution in [3.63, 3.8) is 0 Å². The Morgan fingerprint density at radius 3 is 2.40 bits per heavy atom. The van der Waals surface area contributed by atoms with E-state index in [9.17, 15) is 0 Å². The van der Waals surface area contributed by atoms with Crippen LogP contribution in [0.2, 0.25) is 0 Å². The third-order valence-electron chi connectivity index (χ3n) is 3.63. The maximum Gasteiger partial charge on any atom is 0.188 e. The van der Waals surface area contributed by atoms with Gasteiger partial charge in [-0.05, 0) is 33.2 Å². The van der Waals surface area contributed by atoms with Gasteiger partial charge in [-0.25, -0.2) is 0 Å². The first kappa shape index (κ1) is 14.1. The first-order valence-corrected chi connectivity index (χ1v) is 6.68. The summed E-state index contributed by atoms with van der Waals surface area (Å²) >= 11 is 0. The number of rotatable bonds is 2. The van der Waals surface area contributed by atoms with Crippen molar-refractivity contribution in [1.82, 2.24) is 0 Å². The average Bonchev–Trinajstić information content (AvgIpc) is 2.91. The van der Waals surface area contributed by atoms with Crippen molar-refractivity contribution in [3.05, 3.63) is 10.4 Å². The Morgan fingerprint density at radius 2 is 1.80 bits per heavy atom. The van der Waals surface area contributed by atoms with Gasteiger partial charge in [0, 0.05) is 4.91 Å². The van der Waals surface area contributed by atoms with Crippen LogP contribution in [0, 0.1) is 0 Å². The summed E-state index contributed by atoms with van der Waals surface area (Å²) < 4.78 is 28.6. The molecule has 0 bridgehead atoms. The molecule has 5 atom stereocenters. The van der Waals surface area contributed by atoms with E-state index in [1.165, 1.54) is 0 Å². The molecule has 0 radical (unpaired) electrons. The largest absolute Gasteiger partial charge is 0.348 e. The van der Waals surface area contributed by atoms with E-state index in [1.807, 2.05) is 13.8 Å². The lowest BCUT2D eigenvalue weighted by atomic mass is 10.0. The van der Waals surface area contributed by atoms with E-state index >= 15 is 0 Å². The van der Waals surface area contributed by atoms with Crippen LogP contribution in [0.5, 0.6) is 0 Å². The van der Waals surface area contributed by atoms with Gasteiger partial charge in [0.2, 0.25) is 0 Å². The van der Waals surface area contributed by atoms with Crippen molar-refractivity contribution < 1.29 is 23.7 Å². The summed E-state index contributed by atoms with van der Waals surface area (Å²) in [6.45, 7) is 7.66. The predicted octanol–water partition coefficient (Wildman–Crippen LogP) is 1.69. The molecule has 0 aliphatic carbocycles. The van der Waals surface area contributed by atoms with Gasteiger partial charge in [0.15, 0.2) is 17.9 Å². The first-order valence-electron chi connectivity index (χ1n) is 6.68. The molecule has 0 N–H and O–H groups in total. The van der Waals surface area contributed by atoms with E-state index in [0.29, 0.717) is 6.61 Å². The van der Waals surface area contributed by atoms with Crippen molar-refractivity contribution >= 4 is 0 Å². The zero-order valence-electron chi connectivity index (χ0n) is 12.0. The molecule has 0 aromatic heterocycles. The maximum atomic E-state index is 8.77. The normalized spacial score (nSPS) is 45.1. The van der Waals surface area contributed by atoms with Crippen molar-refractivity contribution in [3.8, 4) is 0 Å². The Balaban J connectivity index is 1.78. The van der Waals surface area contributed by atoms with Crippen molar-refractivity contribution in [1.29, 1.82) is 0 Å². The molecule has 3 heterocycles. The van der Waals surface area contributed by atoms with Crippen LogP contribution in [-0.2, 0) is 23.7 Å². The Morgan fingerprint density at radius 1 is 1.05 bits per heavy atom. The summed E-state index contributed by atoms with van der Waals surface area (Å²) in [7, 11) is 0. The fourth-order valence-corrected chi connectivity index (χ4v) is 2.89. The third-order valence-corrected chi connectivity index (χ3v) is 3.63. The molecular weight excluding hydrogens is 266 g/mol. The molecule has 0 spiro atoms. The molecule has 3 aliphatic heterocycles. The third kappa shape index (κ3) is 2.39. The molecule has 8 nitrogen and oxygen atoms in total. The summed E-state index contributed by atoms with van der Waals surface area (Å²) in [5.41, 5.74) is 8.77. The lowest BCUT2D eigenvalue weighted by Gasteiger charge is -2.26. The number of fused-ring (bicyclic) bond motifs is 1. The van der Waals surface area contributed by atoms with Crippen LogP contribution in [0.4, 0.5) is 0 Å². The predicted molar refractivity (Wildman–Crippen MR) is 66.5 cm³/mol. The standard InChI is InChI=1S/C12H19N3O5/c1-11(2)16-5-6(18-11)8-7(14-15-13)9-10(17-8)20-12(3,4)19-9/h6-10H,5H2,1-4H3/t6?,7?,8-,9-,10-/m0/s1. The van der Waals surface area contributed by atoms with E-state index < -0.39 is 36.1 Å². The number of nitrogens with zero attached hydrogens (tertiary/aromatic N) is 3. The molecule has 20 heavy (non-hydrogen) atoms. The van der Waals surface area contributed by atoms with Gasteiger partial charge in [-0.1, -0.05) is 5.11 Å². The van der Waals surface area contributed by atoms with Gasteiger partial charge in [-0.2, -0.15) is 0 Å². The van der Waals surface area contributed by atoms with Crippen LogP contribution < -0.4 is 0 Å². The molecule has 3 rings (SSSR count). The van der Waals surface area contributed by atoms with Crippen LogP contribution in [0.15, 0.2) is 5.11 Å². The summed E-state index contributed by atoms with van der Waals surface area (Å²) in [6, 6.07) is -0.491. The first-order chi connectivity index (χ1) is 9.31. The monoisotopic (exact) mass is 285 g/mol. The zero-order chi connectivity index (χ0) is 14.5. The topological polar surface area (TPSA) is 94.9 Å². The SMILES string of the molecule is CC1(C)OCC([C@@H]2O[C@H]3OC(C)(C)O[C@H]3C2N=[N+]=[N-])O1. The van der Waals surface area contributed by atoms with Gasteiger partial charge in [-0.3, -0.25) is 0 Å². The highest BCUT2D eigenvalue weighted by Gasteiger charge is 2.57. The Labute approximate surface area is 116 Å². The van der Waals surface area contributed by atoms with Crippen LogP contribution in [0.25, 0.3) is 10.4 Å². The van der Waals surface area contributed by atoms with Crippen molar-refractivity contribution in [2.45, 2.75) is 69.9 Å². The molecular formula is C12H19N3O5. The quantitative estimate of drug-likeness (QED) is 0.437. The Kier molecular flexibility index (Phi) is 3.20. The molecule has 0 aromatic carbocycles. The highest BCUT2D eigenvalue weighted by molar-refractivity contribution is 5.01. The molecule has 2 unspecified atom stereocenters. The fourth-order valence-electron chi connectivity index (χ4n) is 2.89. The second-order valence-corrected chi connectivity index (χ2v) is 6.13. The molecule has 112 valence electrons. The maximum absolute atomic E-state index is 8.77. The molecule has 0 aromatic rings. The van der Waals surface area contributed by atoms with Crippen LogP contribution in [0.1, 0.15) is 27.7 Å². The summed E-state index contributed by atoms with van der Waals surface area (Å²) in [4.78, 5) is 2.90. The fraction of sp³-hybridized carbons (Fsp3) is 1.00. The smallest absolute Gasteiger partial charge is 0.188 e. The van der Waals surface area contributed by atoms with Gasteiger partial charge < -0.3 is 23.7 Å². The Bertz CT molecular complexity index is 448. The molecule has 3 aliphatic rings. The highest BCUT2D eigenvalue weighted by Crippen LogP contribution is 2.41. The molecule has 3 fully saturated rings. The van der Waals surface area contributed by atoms with E-state index in [-0.39, 0.29) is 6.10 Å². The van der Waals surface area contributed by atoms with Gasteiger partial charge in [0.25, 0.3) is 0 Å². The summed E-state index contributed by atoms with van der Waals surface area (Å²) in [5, 5.41) is 3.82. The Hall–Kier alpha value is -0.890. The molecule has 0 saturated carbocycles. The minimum atomic E-state index is -0.740. The average molecular weight is 285 g/mol. The highest BCUT2D eigenvalue weighted by atomic mass is 16.8. The number of ether oxygens (including phenoxy) is 5. The van der Waals surface area contributed by atoms with Crippen LogP contribution in [-0.4, -0.2) is 48.8 Å².